The Labute approximate surface area is 309 Å². The fourth-order valence-corrected chi connectivity index (χ4v) is 5.60. The topological polar surface area (TPSA) is 72.8 Å². The Morgan fingerprint density at radius 2 is 0.820 bits per heavy atom. The Bertz CT molecular complexity index is 884. The van der Waals surface area contributed by atoms with Gasteiger partial charge in [-0.05, 0) is 77.0 Å². The molecule has 1 atom stereocenters. The van der Waals surface area contributed by atoms with E-state index in [-0.39, 0.29) is 25.2 Å². The van der Waals surface area contributed by atoms with Gasteiger partial charge in [0.2, 0.25) is 0 Å². The molecule has 0 heterocycles. The van der Waals surface area contributed by atoms with E-state index in [1.165, 1.54) is 116 Å². The quantitative estimate of drug-likeness (QED) is 0.0397. The van der Waals surface area contributed by atoms with E-state index in [0.717, 1.165) is 44.9 Å². The number of rotatable bonds is 37. The van der Waals surface area contributed by atoms with Crippen LogP contribution in [0.2, 0.25) is 0 Å². The van der Waals surface area contributed by atoms with Crippen molar-refractivity contribution in [2.24, 2.45) is 0 Å². The SMILES string of the molecule is CCCCCC/C=C/CCCCCCCCCC(=O)O[C@@H](CO)COC(=O)CCC/C=C/C/C=C/C/C=C/C/C=C/CCCCCCCCC. The van der Waals surface area contributed by atoms with Crippen molar-refractivity contribution in [3.05, 3.63) is 60.8 Å². The number of aliphatic hydroxyl groups is 1. The molecule has 50 heavy (non-hydrogen) atoms. The van der Waals surface area contributed by atoms with Crippen LogP contribution < -0.4 is 0 Å². The first-order chi connectivity index (χ1) is 24.6. The van der Waals surface area contributed by atoms with Gasteiger partial charge >= 0.3 is 11.9 Å². The summed E-state index contributed by atoms with van der Waals surface area (Å²) in [6, 6.07) is 0. The number of ether oxygens (including phenoxy) is 2. The highest BCUT2D eigenvalue weighted by Crippen LogP contribution is 2.12. The van der Waals surface area contributed by atoms with Gasteiger partial charge in [0.15, 0.2) is 6.10 Å². The Kier molecular flexibility index (Phi) is 39.1. The van der Waals surface area contributed by atoms with Crippen molar-refractivity contribution in [1.82, 2.24) is 0 Å². The van der Waals surface area contributed by atoms with Gasteiger partial charge in [0, 0.05) is 12.8 Å². The third-order valence-electron chi connectivity index (χ3n) is 8.78. The lowest BCUT2D eigenvalue weighted by atomic mass is 10.1. The minimum atomic E-state index is -0.797. The minimum absolute atomic E-state index is 0.0975. The van der Waals surface area contributed by atoms with E-state index in [9.17, 15) is 14.7 Å². The summed E-state index contributed by atoms with van der Waals surface area (Å²) in [4.78, 5) is 24.3. The summed E-state index contributed by atoms with van der Waals surface area (Å²) < 4.78 is 10.6. The average Bonchev–Trinajstić information content (AvgIpc) is 3.12. The molecule has 0 spiro atoms. The number of carbonyl (C=O) groups excluding carboxylic acids is 2. The highest BCUT2D eigenvalue weighted by molar-refractivity contribution is 5.70. The van der Waals surface area contributed by atoms with Gasteiger partial charge in [0.25, 0.3) is 0 Å². The van der Waals surface area contributed by atoms with Gasteiger partial charge in [-0.25, -0.2) is 0 Å². The number of hydrogen-bond donors (Lipinski definition) is 1. The van der Waals surface area contributed by atoms with Crippen molar-refractivity contribution in [2.45, 2.75) is 200 Å². The van der Waals surface area contributed by atoms with Gasteiger partial charge < -0.3 is 14.6 Å². The number of allylic oxidation sites excluding steroid dienone is 10. The van der Waals surface area contributed by atoms with Crippen molar-refractivity contribution in [2.75, 3.05) is 13.2 Å². The first-order valence-electron chi connectivity index (χ1n) is 20.8. The predicted molar refractivity (Wildman–Crippen MR) is 214 cm³/mol. The Hall–Kier alpha value is -2.40. The summed E-state index contributed by atoms with van der Waals surface area (Å²) in [5.41, 5.74) is 0. The predicted octanol–water partition coefficient (Wildman–Crippen LogP) is 13.2. The Morgan fingerprint density at radius 1 is 0.460 bits per heavy atom. The van der Waals surface area contributed by atoms with E-state index in [0.29, 0.717) is 19.3 Å². The second kappa shape index (κ2) is 41.0. The van der Waals surface area contributed by atoms with Crippen LogP contribution in [0.5, 0.6) is 0 Å². The normalized spacial score (nSPS) is 12.8. The van der Waals surface area contributed by atoms with Crippen LogP contribution in [-0.4, -0.2) is 36.4 Å². The van der Waals surface area contributed by atoms with Crippen LogP contribution in [0.15, 0.2) is 60.8 Å². The van der Waals surface area contributed by atoms with E-state index in [1.54, 1.807) is 0 Å². The maximum absolute atomic E-state index is 12.2. The number of hydrogen-bond acceptors (Lipinski definition) is 5. The van der Waals surface area contributed by atoms with Crippen LogP contribution in [0.4, 0.5) is 0 Å². The van der Waals surface area contributed by atoms with Crippen LogP contribution in [0.3, 0.4) is 0 Å². The molecule has 0 unspecified atom stereocenters. The first kappa shape index (κ1) is 47.6. The molecule has 0 saturated heterocycles. The van der Waals surface area contributed by atoms with Crippen LogP contribution >= 0.6 is 0 Å². The summed E-state index contributed by atoms with van der Waals surface area (Å²) in [7, 11) is 0. The molecule has 5 nitrogen and oxygen atoms in total. The third kappa shape index (κ3) is 38.4. The lowest BCUT2D eigenvalue weighted by Crippen LogP contribution is -2.28. The summed E-state index contributed by atoms with van der Waals surface area (Å²) in [6.07, 6.45) is 52.9. The van der Waals surface area contributed by atoms with Gasteiger partial charge in [-0.15, -0.1) is 0 Å². The Morgan fingerprint density at radius 3 is 1.30 bits per heavy atom. The fraction of sp³-hybridized carbons (Fsp3) is 0.733. The van der Waals surface area contributed by atoms with Gasteiger partial charge in [0.1, 0.15) is 6.61 Å². The smallest absolute Gasteiger partial charge is 0.306 e. The molecule has 0 aromatic rings. The summed E-state index contributed by atoms with van der Waals surface area (Å²) >= 11 is 0. The zero-order valence-corrected chi connectivity index (χ0v) is 32.6. The van der Waals surface area contributed by atoms with Crippen LogP contribution in [0, 0.1) is 0 Å². The van der Waals surface area contributed by atoms with Crippen LogP contribution in [-0.2, 0) is 19.1 Å². The van der Waals surface area contributed by atoms with Gasteiger partial charge in [-0.1, -0.05) is 164 Å². The van der Waals surface area contributed by atoms with Gasteiger partial charge in [-0.2, -0.15) is 0 Å². The molecule has 0 aliphatic heterocycles. The Balaban J connectivity index is 3.67. The molecule has 0 aromatic carbocycles. The van der Waals surface area contributed by atoms with E-state index in [2.05, 4.69) is 74.6 Å². The van der Waals surface area contributed by atoms with Crippen molar-refractivity contribution in [3.63, 3.8) is 0 Å². The monoisotopic (exact) mass is 699 g/mol. The molecule has 0 fully saturated rings. The van der Waals surface area contributed by atoms with Gasteiger partial charge in [0.05, 0.1) is 6.61 Å². The standard InChI is InChI=1S/C45H78O5/c1-3-5-7-9-11-13-15-17-19-20-21-22-23-24-26-27-29-31-33-35-37-39-44(47)49-42-43(41-46)50-45(48)40-38-36-34-32-30-28-25-18-16-14-12-10-8-6-4-2/h14,16,19-20,22-23,26-27,31,33,43,46H,3-13,15,17-18,21,24-25,28-30,32,34-42H2,1-2H3/b16-14+,20-19+,23-22+,27-26+,33-31+/t43-/m0/s1. The maximum atomic E-state index is 12.2. The molecular weight excluding hydrogens is 620 g/mol. The third-order valence-corrected chi connectivity index (χ3v) is 8.78. The van der Waals surface area contributed by atoms with Crippen molar-refractivity contribution >= 4 is 11.9 Å². The lowest BCUT2D eigenvalue weighted by Gasteiger charge is -2.15. The number of aliphatic hydroxyl groups excluding tert-OH is 1. The molecule has 0 rings (SSSR count). The van der Waals surface area contributed by atoms with Crippen molar-refractivity contribution in [1.29, 1.82) is 0 Å². The molecule has 0 radical (unpaired) electrons. The molecule has 0 bridgehead atoms. The largest absolute Gasteiger partial charge is 0.462 e. The van der Waals surface area contributed by atoms with E-state index in [4.69, 9.17) is 9.47 Å². The zero-order valence-electron chi connectivity index (χ0n) is 32.6. The second-order valence-corrected chi connectivity index (χ2v) is 13.7. The average molecular weight is 699 g/mol. The summed E-state index contributed by atoms with van der Waals surface area (Å²) in [5.74, 6) is -0.663. The van der Waals surface area contributed by atoms with Crippen LogP contribution in [0.25, 0.3) is 0 Å². The minimum Gasteiger partial charge on any atom is -0.462 e. The number of unbranched alkanes of at least 4 members (excludes halogenated alkanes) is 19. The first-order valence-corrected chi connectivity index (χ1v) is 20.8. The molecule has 0 aliphatic rings. The molecule has 0 saturated carbocycles. The fourth-order valence-electron chi connectivity index (χ4n) is 5.60. The summed E-state index contributed by atoms with van der Waals surface area (Å²) in [5, 5.41) is 9.55. The van der Waals surface area contributed by atoms with Crippen molar-refractivity contribution in [3.8, 4) is 0 Å². The van der Waals surface area contributed by atoms with E-state index < -0.39 is 6.10 Å². The molecule has 0 aliphatic carbocycles. The number of carbonyl (C=O) groups is 2. The molecule has 1 N–H and O–H groups in total. The molecule has 0 amide bonds. The molecule has 288 valence electrons. The highest BCUT2D eigenvalue weighted by Gasteiger charge is 2.16. The van der Waals surface area contributed by atoms with Crippen molar-refractivity contribution < 1.29 is 24.2 Å². The van der Waals surface area contributed by atoms with E-state index >= 15 is 0 Å². The zero-order chi connectivity index (χ0) is 36.4. The molecular formula is C45H78O5. The second-order valence-electron chi connectivity index (χ2n) is 13.7. The molecule has 0 aromatic heterocycles. The highest BCUT2D eigenvalue weighted by atomic mass is 16.6. The van der Waals surface area contributed by atoms with Crippen LogP contribution in [0.1, 0.15) is 194 Å². The maximum Gasteiger partial charge on any atom is 0.306 e. The van der Waals surface area contributed by atoms with Gasteiger partial charge in [-0.3, -0.25) is 9.59 Å². The summed E-state index contributed by atoms with van der Waals surface area (Å²) in [6.45, 7) is 4.07. The lowest BCUT2D eigenvalue weighted by molar-refractivity contribution is -0.161. The molecule has 5 heteroatoms. The van der Waals surface area contributed by atoms with E-state index in [1.807, 2.05) is 0 Å². The number of esters is 2.